The molecule has 0 saturated carbocycles. The summed E-state index contributed by atoms with van der Waals surface area (Å²) >= 11 is 7.69. The normalized spacial score (nSPS) is 11.1. The summed E-state index contributed by atoms with van der Waals surface area (Å²) in [5, 5.41) is 2.31. The molecular weight excluding hydrogens is 282 g/mol. The molecule has 98 valence electrons. The molecule has 0 aliphatic carbocycles. The standard InChI is InChI=1S/C12H12ClN5S/c1-18(5-4-8-3-2-6-19-8)11-9-10(15-7-14-9)16-12(13)17-11/h2-3,6-7H,4-5H2,1H3,(H,14,15,16,17). The molecule has 0 bridgehead atoms. The molecule has 0 atom stereocenters. The summed E-state index contributed by atoms with van der Waals surface area (Å²) in [6, 6.07) is 4.20. The number of nitrogens with one attached hydrogen (secondary N) is 1. The topological polar surface area (TPSA) is 57.7 Å². The smallest absolute Gasteiger partial charge is 0.226 e. The molecule has 3 aromatic rings. The van der Waals surface area contributed by atoms with E-state index >= 15 is 0 Å². The van der Waals surface area contributed by atoms with E-state index < -0.39 is 0 Å². The highest BCUT2D eigenvalue weighted by atomic mass is 35.5. The third kappa shape index (κ3) is 2.54. The number of likely N-dealkylation sites (N-methyl/N-ethyl adjacent to an activating group) is 1. The number of hydrogen-bond acceptors (Lipinski definition) is 5. The molecule has 0 unspecified atom stereocenters. The summed E-state index contributed by atoms with van der Waals surface area (Å²) in [5.41, 5.74) is 1.41. The number of anilines is 1. The van der Waals surface area contributed by atoms with E-state index in [9.17, 15) is 0 Å². The average molecular weight is 294 g/mol. The van der Waals surface area contributed by atoms with Gasteiger partial charge in [-0.3, -0.25) is 0 Å². The van der Waals surface area contributed by atoms with Crippen LogP contribution in [0, 0.1) is 0 Å². The van der Waals surface area contributed by atoms with Gasteiger partial charge in [-0.2, -0.15) is 9.97 Å². The molecule has 3 aromatic heterocycles. The lowest BCUT2D eigenvalue weighted by atomic mass is 10.3. The minimum absolute atomic E-state index is 0.220. The van der Waals surface area contributed by atoms with Gasteiger partial charge in [-0.05, 0) is 29.5 Å². The van der Waals surface area contributed by atoms with Gasteiger partial charge >= 0.3 is 0 Å². The van der Waals surface area contributed by atoms with Crippen LogP contribution < -0.4 is 4.90 Å². The van der Waals surface area contributed by atoms with Crippen LogP contribution in [0.2, 0.25) is 5.28 Å². The summed E-state index contributed by atoms with van der Waals surface area (Å²) in [4.78, 5) is 19.0. The van der Waals surface area contributed by atoms with Crippen LogP contribution in [0.15, 0.2) is 23.8 Å². The third-order valence-corrected chi connectivity index (χ3v) is 3.98. The van der Waals surface area contributed by atoms with Crippen LogP contribution in [0.25, 0.3) is 11.2 Å². The summed E-state index contributed by atoms with van der Waals surface area (Å²) in [5.74, 6) is 0.782. The lowest BCUT2D eigenvalue weighted by molar-refractivity contribution is 0.870. The number of nitrogens with zero attached hydrogens (tertiary/aromatic N) is 4. The van der Waals surface area contributed by atoms with E-state index in [0.717, 1.165) is 24.3 Å². The van der Waals surface area contributed by atoms with Crippen molar-refractivity contribution in [2.75, 3.05) is 18.5 Å². The molecule has 0 amide bonds. The Kier molecular flexibility index (Phi) is 3.35. The van der Waals surface area contributed by atoms with Gasteiger partial charge in [0, 0.05) is 18.5 Å². The van der Waals surface area contributed by atoms with Gasteiger partial charge in [0.05, 0.1) is 6.33 Å². The largest absolute Gasteiger partial charge is 0.357 e. The number of rotatable bonds is 4. The molecule has 0 spiro atoms. The van der Waals surface area contributed by atoms with Gasteiger partial charge in [0.25, 0.3) is 0 Å². The average Bonchev–Trinajstić information content (AvgIpc) is 3.05. The van der Waals surface area contributed by atoms with Crippen molar-refractivity contribution < 1.29 is 0 Å². The minimum atomic E-state index is 0.220. The van der Waals surface area contributed by atoms with Crippen molar-refractivity contribution in [3.63, 3.8) is 0 Å². The zero-order valence-corrected chi connectivity index (χ0v) is 11.9. The Morgan fingerprint density at radius 2 is 2.32 bits per heavy atom. The van der Waals surface area contributed by atoms with E-state index in [2.05, 4.69) is 42.3 Å². The number of imidazole rings is 1. The number of fused-ring (bicyclic) bond motifs is 1. The van der Waals surface area contributed by atoms with Crippen LogP contribution in [0.3, 0.4) is 0 Å². The Hall–Kier alpha value is -1.66. The second-order valence-corrected chi connectivity index (χ2v) is 5.54. The van der Waals surface area contributed by atoms with E-state index in [1.165, 1.54) is 4.88 Å². The SMILES string of the molecule is CN(CCc1cccs1)c1nc(Cl)nc2nc[nH]c12. The molecule has 5 nitrogen and oxygen atoms in total. The van der Waals surface area contributed by atoms with Crippen LogP contribution >= 0.6 is 22.9 Å². The maximum atomic E-state index is 5.92. The first kappa shape index (κ1) is 12.4. The fourth-order valence-electron chi connectivity index (χ4n) is 1.91. The quantitative estimate of drug-likeness (QED) is 0.752. The van der Waals surface area contributed by atoms with E-state index in [0.29, 0.717) is 5.65 Å². The fraction of sp³-hybridized carbons (Fsp3) is 0.250. The van der Waals surface area contributed by atoms with Crippen LogP contribution in [-0.2, 0) is 6.42 Å². The first-order valence-electron chi connectivity index (χ1n) is 5.84. The highest BCUT2D eigenvalue weighted by Crippen LogP contribution is 2.22. The number of halogens is 1. The van der Waals surface area contributed by atoms with Crippen molar-refractivity contribution in [1.82, 2.24) is 19.9 Å². The Bertz CT molecular complexity index is 679. The zero-order valence-electron chi connectivity index (χ0n) is 10.3. The van der Waals surface area contributed by atoms with E-state index in [1.54, 1.807) is 17.7 Å². The summed E-state index contributed by atoms with van der Waals surface area (Å²) in [6.45, 7) is 0.863. The number of aromatic amines is 1. The summed E-state index contributed by atoms with van der Waals surface area (Å²) in [6.07, 6.45) is 2.58. The molecule has 1 N–H and O–H groups in total. The van der Waals surface area contributed by atoms with Crippen LogP contribution in [0.4, 0.5) is 5.82 Å². The van der Waals surface area contributed by atoms with Crippen molar-refractivity contribution >= 4 is 39.9 Å². The van der Waals surface area contributed by atoms with Gasteiger partial charge in [0.15, 0.2) is 11.5 Å². The monoisotopic (exact) mass is 293 g/mol. The number of thiophene rings is 1. The molecule has 0 fully saturated rings. The molecule has 3 rings (SSSR count). The van der Waals surface area contributed by atoms with Crippen LogP contribution in [0.1, 0.15) is 4.88 Å². The van der Waals surface area contributed by atoms with Crippen LogP contribution in [0.5, 0.6) is 0 Å². The van der Waals surface area contributed by atoms with Crippen molar-refractivity contribution in [2.45, 2.75) is 6.42 Å². The Labute approximate surface area is 119 Å². The molecular formula is C12H12ClN5S. The molecule has 7 heteroatoms. The lowest BCUT2D eigenvalue weighted by Gasteiger charge is -2.18. The molecule has 0 radical (unpaired) electrons. The number of aromatic nitrogens is 4. The van der Waals surface area contributed by atoms with Crippen molar-refractivity contribution in [3.8, 4) is 0 Å². The van der Waals surface area contributed by atoms with Crippen molar-refractivity contribution in [2.24, 2.45) is 0 Å². The summed E-state index contributed by atoms with van der Waals surface area (Å²) < 4.78 is 0. The van der Waals surface area contributed by atoms with Gasteiger partial charge in [0.2, 0.25) is 5.28 Å². The molecule has 0 aromatic carbocycles. The van der Waals surface area contributed by atoms with E-state index in [4.69, 9.17) is 11.6 Å². The predicted octanol–water partition coefficient (Wildman–Crippen LogP) is 2.75. The zero-order chi connectivity index (χ0) is 13.2. The third-order valence-electron chi connectivity index (χ3n) is 2.87. The van der Waals surface area contributed by atoms with E-state index in [-0.39, 0.29) is 5.28 Å². The second-order valence-electron chi connectivity index (χ2n) is 4.17. The first-order valence-corrected chi connectivity index (χ1v) is 7.10. The highest BCUT2D eigenvalue weighted by Gasteiger charge is 2.12. The van der Waals surface area contributed by atoms with Crippen LogP contribution in [-0.4, -0.2) is 33.5 Å². The molecule has 19 heavy (non-hydrogen) atoms. The first-order chi connectivity index (χ1) is 9.24. The summed E-state index contributed by atoms with van der Waals surface area (Å²) in [7, 11) is 1.99. The van der Waals surface area contributed by atoms with Gasteiger partial charge in [-0.15, -0.1) is 11.3 Å². The molecule has 0 aliphatic rings. The van der Waals surface area contributed by atoms with Crippen molar-refractivity contribution in [3.05, 3.63) is 34.0 Å². The van der Waals surface area contributed by atoms with Gasteiger partial charge < -0.3 is 9.88 Å². The highest BCUT2D eigenvalue weighted by molar-refractivity contribution is 7.09. The molecule has 0 saturated heterocycles. The molecule has 3 heterocycles. The maximum Gasteiger partial charge on any atom is 0.226 e. The number of H-pyrrole nitrogens is 1. The fourth-order valence-corrected chi connectivity index (χ4v) is 2.77. The Balaban J connectivity index is 1.84. The number of hydrogen-bond donors (Lipinski definition) is 1. The van der Waals surface area contributed by atoms with E-state index in [1.807, 2.05) is 7.05 Å². The van der Waals surface area contributed by atoms with Crippen molar-refractivity contribution in [1.29, 1.82) is 0 Å². The molecule has 0 aliphatic heterocycles. The van der Waals surface area contributed by atoms with Gasteiger partial charge in [-0.1, -0.05) is 6.07 Å². The maximum absolute atomic E-state index is 5.92. The second kappa shape index (κ2) is 5.14. The Morgan fingerprint density at radius 3 is 3.11 bits per heavy atom. The Morgan fingerprint density at radius 1 is 1.42 bits per heavy atom. The lowest BCUT2D eigenvalue weighted by Crippen LogP contribution is -2.21. The minimum Gasteiger partial charge on any atom is -0.357 e. The van der Waals surface area contributed by atoms with Gasteiger partial charge in [0.1, 0.15) is 5.52 Å². The van der Waals surface area contributed by atoms with Gasteiger partial charge in [-0.25, -0.2) is 4.98 Å². The predicted molar refractivity (Wildman–Crippen MR) is 78.0 cm³/mol.